The second kappa shape index (κ2) is 5.28. The standard InChI is InChI=1S/C14H18N2O4/c1-14(2,3)13-7-9(17)6-12(20-13)10-4-5-15-8-11(10)16(18)19/h4-5,8,12-13H,6-7H2,1-3H3. The van der Waals surface area contributed by atoms with E-state index in [-0.39, 0.29) is 29.4 Å². The van der Waals surface area contributed by atoms with Crippen LogP contribution in [-0.4, -0.2) is 21.8 Å². The minimum absolute atomic E-state index is 0.0762. The molecule has 20 heavy (non-hydrogen) atoms. The lowest BCUT2D eigenvalue weighted by molar-refractivity contribution is -0.386. The number of nitrogens with zero attached hydrogens (tertiary/aromatic N) is 2. The van der Waals surface area contributed by atoms with Gasteiger partial charge < -0.3 is 4.74 Å². The minimum atomic E-state index is -0.566. The first-order valence-electron chi connectivity index (χ1n) is 6.54. The molecule has 6 heteroatoms. The highest BCUT2D eigenvalue weighted by atomic mass is 16.6. The van der Waals surface area contributed by atoms with Crippen molar-refractivity contribution >= 4 is 11.5 Å². The predicted molar refractivity (Wildman–Crippen MR) is 72.2 cm³/mol. The summed E-state index contributed by atoms with van der Waals surface area (Å²) in [6.07, 6.45) is 2.42. The molecule has 0 saturated carbocycles. The first kappa shape index (κ1) is 14.6. The second-order valence-corrected chi connectivity index (χ2v) is 6.12. The fourth-order valence-corrected chi connectivity index (χ4v) is 2.31. The Labute approximate surface area is 117 Å². The fourth-order valence-electron chi connectivity index (χ4n) is 2.31. The summed E-state index contributed by atoms with van der Waals surface area (Å²) in [5, 5.41) is 11.0. The zero-order chi connectivity index (χ0) is 14.9. The number of nitro groups is 1. The predicted octanol–water partition coefficient (Wildman–Crippen LogP) is 2.83. The van der Waals surface area contributed by atoms with E-state index in [9.17, 15) is 14.9 Å². The summed E-state index contributed by atoms with van der Waals surface area (Å²) in [5.41, 5.74) is 0.142. The Bertz CT molecular complexity index is 536. The minimum Gasteiger partial charge on any atom is -0.369 e. The van der Waals surface area contributed by atoms with Crippen molar-refractivity contribution in [3.05, 3.63) is 34.1 Å². The molecule has 0 N–H and O–H groups in total. The monoisotopic (exact) mass is 278 g/mol. The van der Waals surface area contributed by atoms with Gasteiger partial charge in [0.05, 0.1) is 22.7 Å². The van der Waals surface area contributed by atoms with Crippen LogP contribution in [0.5, 0.6) is 0 Å². The molecule has 108 valence electrons. The molecule has 0 radical (unpaired) electrons. The molecule has 1 aromatic rings. The van der Waals surface area contributed by atoms with Crippen molar-refractivity contribution in [2.45, 2.75) is 45.8 Å². The van der Waals surface area contributed by atoms with Crippen molar-refractivity contribution in [1.82, 2.24) is 4.98 Å². The first-order chi connectivity index (χ1) is 9.29. The fraction of sp³-hybridized carbons (Fsp3) is 0.571. The van der Waals surface area contributed by atoms with E-state index >= 15 is 0 Å². The summed E-state index contributed by atoms with van der Waals surface area (Å²) in [5.74, 6) is 0.0762. The number of hydrogen-bond donors (Lipinski definition) is 0. The van der Waals surface area contributed by atoms with Crippen molar-refractivity contribution in [3.63, 3.8) is 0 Å². The maximum absolute atomic E-state index is 11.9. The van der Waals surface area contributed by atoms with Gasteiger partial charge in [-0.2, -0.15) is 0 Å². The highest BCUT2D eigenvalue weighted by molar-refractivity contribution is 5.80. The SMILES string of the molecule is CC(C)(C)C1CC(=O)CC(c2ccncc2[N+](=O)[O-])O1. The number of hydrogen-bond acceptors (Lipinski definition) is 5. The molecule has 1 saturated heterocycles. The summed E-state index contributed by atoms with van der Waals surface area (Å²) in [6, 6.07) is 1.56. The van der Waals surface area contributed by atoms with Gasteiger partial charge in [-0.15, -0.1) is 0 Å². The molecule has 0 amide bonds. The van der Waals surface area contributed by atoms with E-state index in [1.807, 2.05) is 20.8 Å². The van der Waals surface area contributed by atoms with Crippen LogP contribution >= 0.6 is 0 Å². The molecule has 0 bridgehead atoms. The molecule has 1 aliphatic heterocycles. The number of aromatic nitrogens is 1. The zero-order valence-corrected chi connectivity index (χ0v) is 11.8. The first-order valence-corrected chi connectivity index (χ1v) is 6.54. The van der Waals surface area contributed by atoms with Gasteiger partial charge in [-0.25, -0.2) is 0 Å². The van der Waals surface area contributed by atoms with Crippen molar-refractivity contribution in [2.24, 2.45) is 5.41 Å². The molecule has 0 aromatic carbocycles. The highest BCUT2D eigenvalue weighted by Gasteiger charge is 2.37. The van der Waals surface area contributed by atoms with E-state index in [2.05, 4.69) is 4.98 Å². The van der Waals surface area contributed by atoms with Crippen LogP contribution in [0.3, 0.4) is 0 Å². The summed E-state index contributed by atoms with van der Waals surface area (Å²) in [4.78, 5) is 26.2. The van der Waals surface area contributed by atoms with Gasteiger partial charge in [0.1, 0.15) is 12.0 Å². The Kier molecular flexibility index (Phi) is 3.85. The van der Waals surface area contributed by atoms with Gasteiger partial charge in [0, 0.05) is 19.0 Å². The number of pyridine rings is 1. The molecule has 0 spiro atoms. The van der Waals surface area contributed by atoms with E-state index in [4.69, 9.17) is 4.74 Å². The van der Waals surface area contributed by atoms with Crippen LogP contribution in [0, 0.1) is 15.5 Å². The van der Waals surface area contributed by atoms with Gasteiger partial charge >= 0.3 is 0 Å². The Morgan fingerprint density at radius 3 is 2.70 bits per heavy atom. The molecular weight excluding hydrogens is 260 g/mol. The molecule has 1 aromatic heterocycles. The quantitative estimate of drug-likeness (QED) is 0.613. The van der Waals surface area contributed by atoms with E-state index in [1.54, 1.807) is 6.07 Å². The normalized spacial score (nSPS) is 23.6. The Balaban J connectivity index is 2.33. The lowest BCUT2D eigenvalue weighted by atomic mass is 9.82. The van der Waals surface area contributed by atoms with Crippen LogP contribution in [0.25, 0.3) is 0 Å². The summed E-state index contributed by atoms with van der Waals surface area (Å²) in [7, 11) is 0. The average molecular weight is 278 g/mol. The summed E-state index contributed by atoms with van der Waals surface area (Å²) >= 11 is 0. The summed E-state index contributed by atoms with van der Waals surface area (Å²) in [6.45, 7) is 5.98. The van der Waals surface area contributed by atoms with E-state index in [0.717, 1.165) is 0 Å². The summed E-state index contributed by atoms with van der Waals surface area (Å²) < 4.78 is 5.95. The number of rotatable bonds is 2. The second-order valence-electron chi connectivity index (χ2n) is 6.12. The van der Waals surface area contributed by atoms with Crippen molar-refractivity contribution < 1.29 is 14.5 Å². The van der Waals surface area contributed by atoms with Gasteiger partial charge in [0.25, 0.3) is 5.69 Å². The Morgan fingerprint density at radius 1 is 1.40 bits per heavy atom. The zero-order valence-electron chi connectivity index (χ0n) is 11.8. The molecule has 2 unspecified atom stereocenters. The molecular formula is C14H18N2O4. The third-order valence-electron chi connectivity index (χ3n) is 3.50. The lowest BCUT2D eigenvalue weighted by Crippen LogP contribution is -2.37. The van der Waals surface area contributed by atoms with Crippen molar-refractivity contribution in [2.75, 3.05) is 0 Å². The largest absolute Gasteiger partial charge is 0.369 e. The number of ether oxygens (including phenoxy) is 1. The smallest absolute Gasteiger partial charge is 0.293 e. The number of carbonyl (C=O) groups is 1. The lowest BCUT2D eigenvalue weighted by Gasteiger charge is -2.37. The molecule has 2 atom stereocenters. The van der Waals surface area contributed by atoms with Crippen LogP contribution in [0.1, 0.15) is 45.3 Å². The topological polar surface area (TPSA) is 82.3 Å². The van der Waals surface area contributed by atoms with Crippen molar-refractivity contribution in [1.29, 1.82) is 0 Å². The molecule has 6 nitrogen and oxygen atoms in total. The maximum atomic E-state index is 11.9. The molecule has 2 rings (SSSR count). The van der Waals surface area contributed by atoms with Crippen LogP contribution in [0.15, 0.2) is 18.5 Å². The van der Waals surface area contributed by atoms with E-state index in [1.165, 1.54) is 12.4 Å². The molecule has 0 aliphatic carbocycles. The van der Waals surface area contributed by atoms with Crippen LogP contribution < -0.4 is 0 Å². The molecule has 2 heterocycles. The number of ketones is 1. The van der Waals surface area contributed by atoms with Gasteiger partial charge in [-0.3, -0.25) is 19.9 Å². The van der Waals surface area contributed by atoms with Gasteiger partial charge in [0.2, 0.25) is 0 Å². The third-order valence-corrected chi connectivity index (χ3v) is 3.50. The number of Topliss-reactive ketones (excluding diaryl/α,β-unsaturated/α-hetero) is 1. The van der Waals surface area contributed by atoms with Gasteiger partial charge in [0.15, 0.2) is 0 Å². The van der Waals surface area contributed by atoms with E-state index < -0.39 is 11.0 Å². The average Bonchev–Trinajstić information content (AvgIpc) is 2.37. The maximum Gasteiger partial charge on any atom is 0.293 e. The number of carbonyl (C=O) groups excluding carboxylic acids is 1. The van der Waals surface area contributed by atoms with Gasteiger partial charge in [-0.05, 0) is 11.5 Å². The Hall–Kier alpha value is -1.82. The molecule has 1 aliphatic rings. The van der Waals surface area contributed by atoms with Gasteiger partial charge in [-0.1, -0.05) is 20.8 Å². The van der Waals surface area contributed by atoms with Crippen LogP contribution in [0.2, 0.25) is 0 Å². The van der Waals surface area contributed by atoms with E-state index in [0.29, 0.717) is 12.0 Å². The van der Waals surface area contributed by atoms with Crippen LogP contribution in [-0.2, 0) is 9.53 Å². The van der Waals surface area contributed by atoms with Crippen molar-refractivity contribution in [3.8, 4) is 0 Å². The molecule has 1 fully saturated rings. The highest BCUT2D eigenvalue weighted by Crippen LogP contribution is 2.39. The third kappa shape index (κ3) is 3.01. The Morgan fingerprint density at radius 2 is 2.10 bits per heavy atom. The van der Waals surface area contributed by atoms with Crippen LogP contribution in [0.4, 0.5) is 5.69 Å².